The molecule has 3 nitrogen and oxygen atoms in total. The maximum atomic E-state index is 12.3. The van der Waals surface area contributed by atoms with E-state index in [0.29, 0.717) is 12.0 Å². The molecule has 0 radical (unpaired) electrons. The maximum Gasteiger partial charge on any atom is 0.593 e. The maximum absolute atomic E-state index is 12.3. The van der Waals surface area contributed by atoms with E-state index in [-0.39, 0.29) is 6.61 Å². The Bertz CT molecular complexity index is 670. The zero-order chi connectivity index (χ0) is 16.1. The molecule has 0 saturated heterocycles. The smallest absolute Gasteiger partial charge is 0.231 e. The lowest BCUT2D eigenvalue weighted by Crippen LogP contribution is -2.03. The van der Waals surface area contributed by atoms with Crippen molar-refractivity contribution in [3.05, 3.63) is 70.3 Å². The van der Waals surface area contributed by atoms with Gasteiger partial charge >= 0.3 is 13.6 Å². The minimum absolute atomic E-state index is 0.273. The standard InChI is InChI=1S/C18H20O3P/c1-13-11-14(2)17(15(3)12-13)18(19)22(20)21-10-9-16-7-5-4-6-8-16/h4-8,11-12H,9-10H2,1-3H3/q+1. The number of aryl methyl sites for hydroxylation is 3. The average Bonchev–Trinajstić information content (AvgIpc) is 2.47. The van der Waals surface area contributed by atoms with Gasteiger partial charge in [-0.3, -0.25) is 0 Å². The Hall–Kier alpha value is -1.83. The van der Waals surface area contributed by atoms with E-state index in [0.717, 1.165) is 22.3 Å². The molecule has 0 aliphatic rings. The fraction of sp³-hybridized carbons (Fsp3) is 0.278. The molecule has 2 rings (SSSR count). The van der Waals surface area contributed by atoms with Crippen molar-refractivity contribution < 1.29 is 13.9 Å². The molecule has 0 aliphatic heterocycles. The Balaban J connectivity index is 2.00. The van der Waals surface area contributed by atoms with Crippen LogP contribution in [-0.2, 0) is 15.5 Å². The van der Waals surface area contributed by atoms with Gasteiger partial charge in [-0.2, -0.15) is 0 Å². The van der Waals surface area contributed by atoms with E-state index in [4.69, 9.17) is 4.52 Å². The minimum Gasteiger partial charge on any atom is -0.231 e. The van der Waals surface area contributed by atoms with E-state index in [2.05, 4.69) is 0 Å². The summed E-state index contributed by atoms with van der Waals surface area (Å²) in [5.41, 5.74) is 3.98. The molecule has 0 aliphatic carbocycles. The van der Waals surface area contributed by atoms with Crippen molar-refractivity contribution in [2.24, 2.45) is 0 Å². The Kier molecular flexibility index (Phi) is 5.59. The first-order valence-electron chi connectivity index (χ1n) is 7.25. The fourth-order valence-corrected chi connectivity index (χ4v) is 3.47. The second kappa shape index (κ2) is 7.44. The van der Waals surface area contributed by atoms with Gasteiger partial charge in [-0.1, -0.05) is 48.0 Å². The molecule has 2 aromatic carbocycles. The lowest BCUT2D eigenvalue weighted by atomic mass is 10.0. The number of hydrogen-bond acceptors (Lipinski definition) is 3. The SMILES string of the molecule is Cc1cc(C)c(C(=O)[P+](=O)OCCc2ccccc2)c(C)c1. The monoisotopic (exact) mass is 315 g/mol. The van der Waals surface area contributed by atoms with Gasteiger partial charge in [-0.25, -0.2) is 4.79 Å². The number of carbonyl (C=O) groups excluding carboxylic acids is 1. The van der Waals surface area contributed by atoms with E-state index >= 15 is 0 Å². The van der Waals surface area contributed by atoms with Crippen LogP contribution in [-0.4, -0.2) is 12.1 Å². The summed E-state index contributed by atoms with van der Waals surface area (Å²) in [6.07, 6.45) is 0.640. The molecule has 22 heavy (non-hydrogen) atoms. The molecule has 0 saturated carbocycles. The highest BCUT2D eigenvalue weighted by Gasteiger charge is 2.34. The summed E-state index contributed by atoms with van der Waals surface area (Å²) < 4.78 is 17.4. The lowest BCUT2D eigenvalue weighted by Gasteiger charge is -2.04. The van der Waals surface area contributed by atoms with Crippen molar-refractivity contribution >= 4 is 13.6 Å². The van der Waals surface area contributed by atoms with Crippen LogP contribution in [0, 0.1) is 20.8 Å². The molecule has 0 amide bonds. The molecular formula is C18H20O3P+. The molecule has 4 heteroatoms. The summed E-state index contributed by atoms with van der Waals surface area (Å²) in [7, 11) is -2.35. The molecule has 0 bridgehead atoms. The van der Waals surface area contributed by atoms with Crippen LogP contribution in [0.2, 0.25) is 0 Å². The normalized spacial score (nSPS) is 11.3. The van der Waals surface area contributed by atoms with Gasteiger partial charge < -0.3 is 0 Å². The average molecular weight is 315 g/mol. The summed E-state index contributed by atoms with van der Waals surface area (Å²) in [5.74, 6) is 0. The molecule has 2 aromatic rings. The molecule has 114 valence electrons. The second-order valence-electron chi connectivity index (χ2n) is 5.40. The molecule has 0 spiro atoms. The Labute approximate surface area is 132 Å². The Morgan fingerprint density at radius 3 is 2.23 bits per heavy atom. The number of benzene rings is 2. The molecule has 0 aromatic heterocycles. The van der Waals surface area contributed by atoms with Crippen LogP contribution in [0.15, 0.2) is 42.5 Å². The van der Waals surface area contributed by atoms with Crippen molar-refractivity contribution in [3.63, 3.8) is 0 Å². The highest BCUT2D eigenvalue weighted by atomic mass is 31.1. The van der Waals surface area contributed by atoms with Gasteiger partial charge in [0.2, 0.25) is 0 Å². The van der Waals surface area contributed by atoms with E-state index < -0.39 is 13.6 Å². The minimum atomic E-state index is -2.35. The van der Waals surface area contributed by atoms with Gasteiger partial charge in [0, 0.05) is 6.42 Å². The van der Waals surface area contributed by atoms with Crippen molar-refractivity contribution in [3.8, 4) is 0 Å². The van der Waals surface area contributed by atoms with Crippen molar-refractivity contribution in [1.82, 2.24) is 0 Å². The fourth-order valence-electron chi connectivity index (χ4n) is 2.56. The third kappa shape index (κ3) is 4.09. The predicted octanol–water partition coefficient (Wildman–Crippen LogP) is 4.75. The highest BCUT2D eigenvalue weighted by Crippen LogP contribution is 2.31. The summed E-state index contributed by atoms with van der Waals surface area (Å²) in [4.78, 5) is 12.3. The first-order chi connectivity index (χ1) is 10.5. The largest absolute Gasteiger partial charge is 0.593 e. The molecule has 1 atom stereocenters. The number of rotatable bonds is 6. The summed E-state index contributed by atoms with van der Waals surface area (Å²) in [5, 5.41) is 0. The van der Waals surface area contributed by atoms with Gasteiger partial charge in [-0.15, -0.1) is 4.52 Å². The highest BCUT2D eigenvalue weighted by molar-refractivity contribution is 7.60. The van der Waals surface area contributed by atoms with Crippen LogP contribution in [0.5, 0.6) is 0 Å². The third-order valence-corrected chi connectivity index (χ3v) is 4.47. The first kappa shape index (κ1) is 16.5. The molecule has 0 fully saturated rings. The number of carbonyl (C=O) groups is 1. The summed E-state index contributed by atoms with van der Waals surface area (Å²) in [6, 6.07) is 13.6. The molecule has 1 unspecified atom stereocenters. The summed E-state index contributed by atoms with van der Waals surface area (Å²) >= 11 is 0. The van der Waals surface area contributed by atoms with Crippen LogP contribution >= 0.6 is 8.03 Å². The van der Waals surface area contributed by atoms with Crippen LogP contribution < -0.4 is 0 Å². The summed E-state index contributed by atoms with van der Waals surface area (Å²) in [6.45, 7) is 5.97. The van der Waals surface area contributed by atoms with Gasteiger partial charge in [-0.05, 0) is 42.0 Å². The van der Waals surface area contributed by atoms with Crippen LogP contribution in [0.25, 0.3) is 0 Å². The van der Waals surface area contributed by atoms with E-state index in [1.54, 1.807) is 0 Å². The molecular weight excluding hydrogens is 295 g/mol. The van der Waals surface area contributed by atoms with Gasteiger partial charge in [0.05, 0.1) is 5.56 Å². The van der Waals surface area contributed by atoms with Crippen molar-refractivity contribution in [1.29, 1.82) is 0 Å². The van der Waals surface area contributed by atoms with Crippen LogP contribution in [0.4, 0.5) is 0 Å². The van der Waals surface area contributed by atoms with E-state index in [1.165, 1.54) is 0 Å². The van der Waals surface area contributed by atoms with E-state index in [1.807, 2.05) is 63.2 Å². The Morgan fingerprint density at radius 1 is 1.05 bits per heavy atom. The zero-order valence-corrected chi connectivity index (χ0v) is 14.0. The third-order valence-electron chi connectivity index (χ3n) is 3.50. The predicted molar refractivity (Wildman–Crippen MR) is 88.7 cm³/mol. The molecule has 0 heterocycles. The lowest BCUT2D eigenvalue weighted by molar-refractivity contribution is 0.105. The van der Waals surface area contributed by atoms with Gasteiger partial charge in [0.15, 0.2) is 0 Å². The van der Waals surface area contributed by atoms with Crippen molar-refractivity contribution in [2.45, 2.75) is 27.2 Å². The first-order valence-corrected chi connectivity index (χ1v) is 8.43. The Morgan fingerprint density at radius 2 is 1.64 bits per heavy atom. The van der Waals surface area contributed by atoms with Crippen LogP contribution in [0.3, 0.4) is 0 Å². The molecule has 0 N–H and O–H groups in total. The number of hydrogen-bond donors (Lipinski definition) is 0. The van der Waals surface area contributed by atoms with Crippen molar-refractivity contribution in [2.75, 3.05) is 6.61 Å². The van der Waals surface area contributed by atoms with Gasteiger partial charge in [0.25, 0.3) is 0 Å². The topological polar surface area (TPSA) is 43.4 Å². The van der Waals surface area contributed by atoms with Crippen LogP contribution in [0.1, 0.15) is 32.6 Å². The van der Waals surface area contributed by atoms with Gasteiger partial charge in [0.1, 0.15) is 6.61 Å². The quantitative estimate of drug-likeness (QED) is 0.722. The zero-order valence-electron chi connectivity index (χ0n) is 13.1. The van der Waals surface area contributed by atoms with E-state index in [9.17, 15) is 9.36 Å². The second-order valence-corrected chi connectivity index (χ2v) is 6.58.